The van der Waals surface area contributed by atoms with E-state index in [1.54, 1.807) is 0 Å². The first-order valence-corrected chi connectivity index (χ1v) is 5.54. The van der Waals surface area contributed by atoms with Crippen molar-refractivity contribution >= 4 is 5.91 Å². The van der Waals surface area contributed by atoms with E-state index in [0.717, 1.165) is 11.5 Å². The standard InChI is InChI=1S/C11H20N4O/c1-5-12-11(16)9(3)13-7-10-14-6-8(2)15(10)4/h6,9,13H,5,7H2,1-4H3,(H,12,16)/t9-/m0/s1. The zero-order valence-corrected chi connectivity index (χ0v) is 10.4. The molecule has 1 heterocycles. The number of carbonyl (C=O) groups excluding carboxylic acids is 1. The molecule has 1 aromatic heterocycles. The molecule has 0 unspecified atom stereocenters. The molecule has 0 aliphatic carbocycles. The summed E-state index contributed by atoms with van der Waals surface area (Å²) in [5.41, 5.74) is 1.11. The first-order valence-electron chi connectivity index (χ1n) is 5.54. The van der Waals surface area contributed by atoms with Crippen LogP contribution >= 0.6 is 0 Å². The molecule has 0 bridgehead atoms. The van der Waals surface area contributed by atoms with Crippen LogP contribution in [0.25, 0.3) is 0 Å². The van der Waals surface area contributed by atoms with Crippen LogP contribution in [-0.2, 0) is 18.4 Å². The van der Waals surface area contributed by atoms with Crippen LogP contribution in [0.4, 0.5) is 0 Å². The van der Waals surface area contributed by atoms with E-state index in [1.807, 2.05) is 38.6 Å². The molecule has 1 aromatic rings. The summed E-state index contributed by atoms with van der Waals surface area (Å²) in [5.74, 6) is 0.960. The SMILES string of the molecule is CCNC(=O)[C@H](C)NCc1ncc(C)n1C. The number of nitrogens with one attached hydrogen (secondary N) is 2. The lowest BCUT2D eigenvalue weighted by Crippen LogP contribution is -2.42. The fraction of sp³-hybridized carbons (Fsp3) is 0.636. The largest absolute Gasteiger partial charge is 0.355 e. The van der Waals surface area contributed by atoms with Gasteiger partial charge in [-0.15, -0.1) is 0 Å². The average Bonchev–Trinajstić information content (AvgIpc) is 2.57. The van der Waals surface area contributed by atoms with E-state index in [-0.39, 0.29) is 11.9 Å². The first kappa shape index (κ1) is 12.7. The monoisotopic (exact) mass is 224 g/mol. The Hall–Kier alpha value is -1.36. The minimum Gasteiger partial charge on any atom is -0.355 e. The number of aromatic nitrogens is 2. The highest BCUT2D eigenvalue weighted by molar-refractivity contribution is 5.81. The van der Waals surface area contributed by atoms with Gasteiger partial charge in [-0.2, -0.15) is 0 Å². The summed E-state index contributed by atoms with van der Waals surface area (Å²) in [6.07, 6.45) is 1.83. The maximum absolute atomic E-state index is 11.5. The van der Waals surface area contributed by atoms with E-state index < -0.39 is 0 Å². The summed E-state index contributed by atoms with van der Waals surface area (Å²) in [6, 6.07) is -0.197. The fourth-order valence-corrected chi connectivity index (χ4v) is 1.37. The summed E-state index contributed by atoms with van der Waals surface area (Å²) in [6.45, 7) is 7.02. The number of aryl methyl sites for hydroxylation is 1. The predicted octanol–water partition coefficient (Wildman–Crippen LogP) is 0.343. The lowest BCUT2D eigenvalue weighted by atomic mass is 10.3. The molecule has 0 saturated heterocycles. The fourth-order valence-electron chi connectivity index (χ4n) is 1.37. The summed E-state index contributed by atoms with van der Waals surface area (Å²) in [4.78, 5) is 15.7. The van der Waals surface area contributed by atoms with Crippen molar-refractivity contribution in [1.29, 1.82) is 0 Å². The predicted molar refractivity (Wildman–Crippen MR) is 62.9 cm³/mol. The number of amides is 1. The quantitative estimate of drug-likeness (QED) is 0.758. The molecule has 16 heavy (non-hydrogen) atoms. The van der Waals surface area contributed by atoms with Gasteiger partial charge in [0.2, 0.25) is 5.91 Å². The van der Waals surface area contributed by atoms with Gasteiger partial charge in [0, 0.05) is 25.5 Å². The number of imidazole rings is 1. The summed E-state index contributed by atoms with van der Waals surface area (Å²) in [7, 11) is 1.97. The third-order valence-corrected chi connectivity index (χ3v) is 2.63. The van der Waals surface area contributed by atoms with Gasteiger partial charge in [-0.3, -0.25) is 10.1 Å². The van der Waals surface area contributed by atoms with E-state index in [9.17, 15) is 4.79 Å². The van der Waals surface area contributed by atoms with Crippen molar-refractivity contribution in [3.05, 3.63) is 17.7 Å². The van der Waals surface area contributed by atoms with Crippen molar-refractivity contribution in [3.8, 4) is 0 Å². The topological polar surface area (TPSA) is 59.0 Å². The Bertz CT molecular complexity index is 359. The molecule has 5 heteroatoms. The Morgan fingerprint density at radius 2 is 2.31 bits per heavy atom. The van der Waals surface area contributed by atoms with Crippen LogP contribution in [0.2, 0.25) is 0 Å². The molecule has 1 amide bonds. The molecular weight excluding hydrogens is 204 g/mol. The highest BCUT2D eigenvalue weighted by Gasteiger charge is 2.12. The second-order valence-electron chi connectivity index (χ2n) is 3.87. The van der Waals surface area contributed by atoms with Crippen LogP contribution in [0.1, 0.15) is 25.4 Å². The van der Waals surface area contributed by atoms with Crippen LogP contribution in [0, 0.1) is 6.92 Å². The van der Waals surface area contributed by atoms with Gasteiger partial charge < -0.3 is 9.88 Å². The molecule has 1 atom stereocenters. The van der Waals surface area contributed by atoms with Crippen LogP contribution in [0.5, 0.6) is 0 Å². The number of hydrogen-bond acceptors (Lipinski definition) is 3. The molecule has 0 radical (unpaired) electrons. The Balaban J connectivity index is 2.45. The number of carbonyl (C=O) groups is 1. The maximum atomic E-state index is 11.5. The molecule has 1 rings (SSSR count). The zero-order valence-electron chi connectivity index (χ0n) is 10.4. The highest BCUT2D eigenvalue weighted by Crippen LogP contribution is 2.00. The second-order valence-corrected chi connectivity index (χ2v) is 3.87. The Kier molecular flexibility index (Phi) is 4.49. The third-order valence-electron chi connectivity index (χ3n) is 2.63. The van der Waals surface area contributed by atoms with Gasteiger partial charge in [0.25, 0.3) is 0 Å². The molecule has 2 N–H and O–H groups in total. The van der Waals surface area contributed by atoms with E-state index in [4.69, 9.17) is 0 Å². The van der Waals surface area contributed by atoms with Gasteiger partial charge in [0.15, 0.2) is 0 Å². The summed E-state index contributed by atoms with van der Waals surface area (Å²) in [5, 5.41) is 5.92. The van der Waals surface area contributed by atoms with Gasteiger partial charge in [-0.1, -0.05) is 0 Å². The number of rotatable bonds is 5. The second kappa shape index (κ2) is 5.65. The molecule has 0 fully saturated rings. The Morgan fingerprint density at radius 3 is 2.81 bits per heavy atom. The van der Waals surface area contributed by atoms with E-state index in [2.05, 4.69) is 15.6 Å². The van der Waals surface area contributed by atoms with E-state index in [1.165, 1.54) is 0 Å². The molecule has 5 nitrogen and oxygen atoms in total. The van der Waals surface area contributed by atoms with E-state index in [0.29, 0.717) is 13.1 Å². The first-order chi connectivity index (χ1) is 7.56. The van der Waals surface area contributed by atoms with Crippen molar-refractivity contribution in [3.63, 3.8) is 0 Å². The van der Waals surface area contributed by atoms with E-state index >= 15 is 0 Å². The normalized spacial score (nSPS) is 12.5. The number of hydrogen-bond donors (Lipinski definition) is 2. The van der Waals surface area contributed by atoms with Gasteiger partial charge in [-0.25, -0.2) is 4.98 Å². The van der Waals surface area contributed by atoms with Crippen molar-refractivity contribution in [1.82, 2.24) is 20.2 Å². The maximum Gasteiger partial charge on any atom is 0.236 e. The summed E-state index contributed by atoms with van der Waals surface area (Å²) < 4.78 is 2.01. The van der Waals surface area contributed by atoms with Crippen molar-refractivity contribution < 1.29 is 4.79 Å². The molecule has 0 aromatic carbocycles. The number of nitrogens with zero attached hydrogens (tertiary/aromatic N) is 2. The van der Waals surface area contributed by atoms with Crippen LogP contribution in [0.15, 0.2) is 6.20 Å². The average molecular weight is 224 g/mol. The smallest absolute Gasteiger partial charge is 0.236 e. The molecule has 90 valence electrons. The Morgan fingerprint density at radius 1 is 1.62 bits per heavy atom. The lowest BCUT2D eigenvalue weighted by molar-refractivity contribution is -0.122. The van der Waals surface area contributed by atoms with Gasteiger partial charge in [0.05, 0.1) is 12.6 Å². The minimum atomic E-state index is -0.197. The third kappa shape index (κ3) is 3.06. The van der Waals surface area contributed by atoms with Crippen LogP contribution in [0.3, 0.4) is 0 Å². The van der Waals surface area contributed by atoms with Crippen LogP contribution in [-0.4, -0.2) is 28.0 Å². The molecule has 0 aliphatic heterocycles. The minimum absolute atomic E-state index is 0.0217. The lowest BCUT2D eigenvalue weighted by Gasteiger charge is -2.13. The van der Waals surface area contributed by atoms with Crippen molar-refractivity contribution in [2.45, 2.75) is 33.4 Å². The highest BCUT2D eigenvalue weighted by atomic mass is 16.2. The Labute approximate surface area is 96.3 Å². The van der Waals surface area contributed by atoms with Gasteiger partial charge >= 0.3 is 0 Å². The molecular formula is C11H20N4O. The van der Waals surface area contributed by atoms with Crippen molar-refractivity contribution in [2.24, 2.45) is 7.05 Å². The zero-order chi connectivity index (χ0) is 12.1. The number of likely N-dealkylation sites (N-methyl/N-ethyl adjacent to an activating group) is 1. The molecule has 0 saturated carbocycles. The van der Waals surface area contributed by atoms with Gasteiger partial charge in [-0.05, 0) is 20.8 Å². The molecule has 0 aliphatic rings. The van der Waals surface area contributed by atoms with Crippen molar-refractivity contribution in [2.75, 3.05) is 6.54 Å². The molecule has 0 spiro atoms. The summed E-state index contributed by atoms with van der Waals surface area (Å²) >= 11 is 0. The van der Waals surface area contributed by atoms with Crippen LogP contribution < -0.4 is 10.6 Å². The van der Waals surface area contributed by atoms with Gasteiger partial charge in [0.1, 0.15) is 5.82 Å².